The van der Waals surface area contributed by atoms with Gasteiger partial charge in [-0.1, -0.05) is 0 Å². The highest BCUT2D eigenvalue weighted by Gasteiger charge is 2.22. The molecule has 0 unspecified atom stereocenters. The van der Waals surface area contributed by atoms with E-state index in [1.165, 1.54) is 0 Å². The third-order valence-electron chi connectivity index (χ3n) is 1.04. The standard InChI is InChI=1S/C5H9ClO4/c6-1-3(8)5(10)4(9)2-7/h2-5,8-10H,1H2/t3-,4-,5-/m1/s1. The van der Waals surface area contributed by atoms with E-state index in [1.54, 1.807) is 0 Å². The van der Waals surface area contributed by atoms with Crippen LogP contribution in [0, 0.1) is 0 Å². The molecular formula is C5H9ClO4. The number of aliphatic hydroxyl groups excluding tert-OH is 3. The summed E-state index contributed by atoms with van der Waals surface area (Å²) in [4.78, 5) is 9.80. The van der Waals surface area contributed by atoms with Gasteiger partial charge in [0.05, 0.1) is 12.0 Å². The average molecular weight is 169 g/mol. The molecule has 0 heterocycles. The molecule has 4 nitrogen and oxygen atoms in total. The SMILES string of the molecule is O=C[C@@H](O)[C@H](O)[C@H](O)CCl. The molecule has 60 valence electrons. The molecule has 0 rings (SSSR count). The monoisotopic (exact) mass is 168 g/mol. The largest absolute Gasteiger partial charge is 0.389 e. The summed E-state index contributed by atoms with van der Waals surface area (Å²) in [7, 11) is 0. The highest BCUT2D eigenvalue weighted by atomic mass is 35.5. The van der Waals surface area contributed by atoms with Gasteiger partial charge in [-0.15, -0.1) is 11.6 Å². The Morgan fingerprint density at radius 2 is 1.90 bits per heavy atom. The Morgan fingerprint density at radius 3 is 2.20 bits per heavy atom. The number of carbonyl (C=O) groups excluding carboxylic acids is 1. The van der Waals surface area contributed by atoms with E-state index >= 15 is 0 Å². The Labute approximate surface area is 63.0 Å². The molecule has 10 heavy (non-hydrogen) atoms. The van der Waals surface area contributed by atoms with Crippen LogP contribution in [0.5, 0.6) is 0 Å². The van der Waals surface area contributed by atoms with Gasteiger partial charge in [0.1, 0.15) is 12.2 Å². The summed E-state index contributed by atoms with van der Waals surface area (Å²) in [5.74, 6) is -0.216. The van der Waals surface area contributed by atoms with Gasteiger partial charge in [-0.3, -0.25) is 0 Å². The van der Waals surface area contributed by atoms with Crippen molar-refractivity contribution in [3.05, 3.63) is 0 Å². The summed E-state index contributed by atoms with van der Waals surface area (Å²) in [6.45, 7) is 0. The molecule has 0 bridgehead atoms. The van der Waals surface area contributed by atoms with E-state index < -0.39 is 18.3 Å². The lowest BCUT2D eigenvalue weighted by Crippen LogP contribution is -2.39. The maximum absolute atomic E-state index is 9.80. The van der Waals surface area contributed by atoms with E-state index in [0.29, 0.717) is 0 Å². The lowest BCUT2D eigenvalue weighted by atomic mass is 10.1. The zero-order valence-electron chi connectivity index (χ0n) is 5.14. The molecule has 0 saturated heterocycles. The molecular weight excluding hydrogens is 160 g/mol. The second-order valence-corrected chi connectivity index (χ2v) is 2.15. The summed E-state index contributed by atoms with van der Waals surface area (Å²) in [6, 6.07) is 0. The molecule has 0 aliphatic carbocycles. The first-order valence-electron chi connectivity index (χ1n) is 2.69. The van der Waals surface area contributed by atoms with Gasteiger partial charge in [0.2, 0.25) is 0 Å². The smallest absolute Gasteiger partial charge is 0.151 e. The van der Waals surface area contributed by atoms with E-state index in [9.17, 15) is 4.79 Å². The minimum absolute atomic E-state index is 0.139. The van der Waals surface area contributed by atoms with Gasteiger partial charge in [0, 0.05) is 0 Å². The van der Waals surface area contributed by atoms with Crippen LogP contribution in [0.1, 0.15) is 0 Å². The van der Waals surface area contributed by atoms with Gasteiger partial charge in [-0.2, -0.15) is 0 Å². The lowest BCUT2D eigenvalue weighted by Gasteiger charge is -2.16. The van der Waals surface area contributed by atoms with Crippen molar-refractivity contribution in [2.75, 3.05) is 5.88 Å². The fraction of sp³-hybridized carbons (Fsp3) is 0.800. The predicted octanol–water partition coefficient (Wildman–Crippen LogP) is -1.49. The third-order valence-corrected chi connectivity index (χ3v) is 1.36. The fourth-order valence-corrected chi connectivity index (χ4v) is 0.582. The quantitative estimate of drug-likeness (QED) is 0.353. The number of aliphatic hydroxyl groups is 3. The van der Waals surface area contributed by atoms with Gasteiger partial charge in [0.25, 0.3) is 0 Å². The van der Waals surface area contributed by atoms with Crippen molar-refractivity contribution in [3.8, 4) is 0 Å². The summed E-state index contributed by atoms with van der Waals surface area (Å²) < 4.78 is 0. The first-order valence-corrected chi connectivity index (χ1v) is 3.22. The van der Waals surface area contributed by atoms with Crippen molar-refractivity contribution in [2.45, 2.75) is 18.3 Å². The number of hydrogen-bond donors (Lipinski definition) is 3. The molecule has 0 aromatic heterocycles. The summed E-state index contributed by atoms with van der Waals surface area (Å²) >= 11 is 5.11. The number of carbonyl (C=O) groups is 1. The Hall–Kier alpha value is -0.160. The third kappa shape index (κ3) is 2.62. The van der Waals surface area contributed by atoms with Crippen LogP contribution < -0.4 is 0 Å². The van der Waals surface area contributed by atoms with E-state index in [4.69, 9.17) is 26.9 Å². The van der Waals surface area contributed by atoms with Crippen LogP contribution in [0.15, 0.2) is 0 Å². The number of alkyl halides is 1. The van der Waals surface area contributed by atoms with Crippen molar-refractivity contribution in [3.63, 3.8) is 0 Å². The summed E-state index contributed by atoms with van der Waals surface area (Å²) in [6.07, 6.45) is -4.17. The molecule has 0 aliphatic heterocycles. The highest BCUT2D eigenvalue weighted by molar-refractivity contribution is 6.18. The number of rotatable bonds is 4. The second-order valence-electron chi connectivity index (χ2n) is 1.84. The van der Waals surface area contributed by atoms with Crippen molar-refractivity contribution in [1.82, 2.24) is 0 Å². The van der Waals surface area contributed by atoms with Crippen molar-refractivity contribution < 1.29 is 20.1 Å². The minimum atomic E-state index is -1.56. The van der Waals surface area contributed by atoms with Gasteiger partial charge >= 0.3 is 0 Å². The van der Waals surface area contributed by atoms with Crippen LogP contribution in [0.3, 0.4) is 0 Å². The van der Waals surface area contributed by atoms with Crippen LogP contribution in [-0.2, 0) is 4.79 Å². The number of aldehydes is 1. The van der Waals surface area contributed by atoms with E-state index in [-0.39, 0.29) is 12.2 Å². The molecule has 0 aromatic carbocycles. The summed E-state index contributed by atoms with van der Waals surface area (Å²) in [5, 5.41) is 26.1. The van der Waals surface area contributed by atoms with Gasteiger partial charge < -0.3 is 20.1 Å². The first kappa shape index (κ1) is 9.84. The fourth-order valence-electron chi connectivity index (χ4n) is 0.399. The molecule has 0 fully saturated rings. The van der Waals surface area contributed by atoms with Gasteiger partial charge in [0.15, 0.2) is 6.29 Å². The molecule has 0 aliphatic rings. The van der Waals surface area contributed by atoms with Crippen molar-refractivity contribution in [2.24, 2.45) is 0 Å². The number of hydrogen-bond acceptors (Lipinski definition) is 4. The molecule has 0 amide bonds. The van der Waals surface area contributed by atoms with Gasteiger partial charge in [-0.25, -0.2) is 0 Å². The van der Waals surface area contributed by atoms with Crippen LogP contribution in [-0.4, -0.2) is 45.8 Å². The van der Waals surface area contributed by atoms with Crippen LogP contribution in [0.25, 0.3) is 0 Å². The van der Waals surface area contributed by atoms with Crippen molar-refractivity contribution in [1.29, 1.82) is 0 Å². The van der Waals surface area contributed by atoms with E-state index in [2.05, 4.69) is 0 Å². The topological polar surface area (TPSA) is 77.8 Å². The lowest BCUT2D eigenvalue weighted by molar-refractivity contribution is -0.124. The van der Waals surface area contributed by atoms with Crippen LogP contribution in [0.4, 0.5) is 0 Å². The van der Waals surface area contributed by atoms with E-state index in [1.807, 2.05) is 0 Å². The zero-order chi connectivity index (χ0) is 8.15. The molecule has 0 saturated carbocycles. The normalized spacial score (nSPS) is 19.6. The maximum atomic E-state index is 9.80. The molecule has 5 heteroatoms. The molecule has 0 aromatic rings. The van der Waals surface area contributed by atoms with Crippen LogP contribution >= 0.6 is 11.6 Å². The average Bonchev–Trinajstić information content (AvgIpc) is 2.00. The Balaban J connectivity index is 3.80. The molecule has 0 radical (unpaired) electrons. The highest BCUT2D eigenvalue weighted by Crippen LogP contribution is 1.99. The maximum Gasteiger partial charge on any atom is 0.151 e. The Kier molecular flexibility index (Phi) is 4.55. The van der Waals surface area contributed by atoms with E-state index in [0.717, 1.165) is 0 Å². The molecule has 3 N–H and O–H groups in total. The number of halogens is 1. The molecule has 3 atom stereocenters. The molecule has 0 spiro atoms. The zero-order valence-corrected chi connectivity index (χ0v) is 5.90. The first-order chi connectivity index (χ1) is 4.63. The predicted molar refractivity (Wildman–Crippen MR) is 34.8 cm³/mol. The minimum Gasteiger partial charge on any atom is -0.389 e. The Morgan fingerprint density at radius 1 is 1.40 bits per heavy atom. The van der Waals surface area contributed by atoms with Gasteiger partial charge in [-0.05, 0) is 0 Å². The van der Waals surface area contributed by atoms with Crippen molar-refractivity contribution >= 4 is 17.9 Å². The summed E-state index contributed by atoms with van der Waals surface area (Å²) in [5.41, 5.74) is 0. The Bertz CT molecular complexity index is 108. The second kappa shape index (κ2) is 4.62. The van der Waals surface area contributed by atoms with Crippen LogP contribution in [0.2, 0.25) is 0 Å².